The second-order valence-corrected chi connectivity index (χ2v) is 6.18. The van der Waals surface area contributed by atoms with Crippen molar-refractivity contribution in [1.29, 1.82) is 0 Å². The highest BCUT2D eigenvalue weighted by Gasteiger charge is 2.37. The number of hydrogen-bond donors (Lipinski definition) is 1. The summed E-state index contributed by atoms with van der Waals surface area (Å²) in [4.78, 5) is 10.0. The quantitative estimate of drug-likeness (QED) is 0.849. The van der Waals surface area contributed by atoms with Crippen LogP contribution in [-0.4, -0.2) is 26.9 Å². The number of ether oxygens (including phenoxy) is 2. The molecule has 0 saturated carbocycles. The van der Waals surface area contributed by atoms with Crippen LogP contribution >= 0.6 is 11.3 Å². The fraction of sp³-hybridized carbons (Fsp3) is 0.444. The van der Waals surface area contributed by atoms with Crippen molar-refractivity contribution in [3.8, 4) is 5.75 Å². The molecule has 0 aliphatic heterocycles. The number of primary sulfonamides is 1. The topological polar surface area (TPSA) is 95.7 Å². The van der Waals surface area contributed by atoms with Gasteiger partial charge in [0.05, 0.1) is 6.10 Å². The summed E-state index contributed by atoms with van der Waals surface area (Å²) in [6.07, 6.45) is -5.69. The predicted octanol–water partition coefficient (Wildman–Crippen LogP) is 1.86. The molecule has 0 spiro atoms. The molecule has 0 unspecified atom stereocenters. The fourth-order valence-electron chi connectivity index (χ4n) is 1.20. The first-order valence-corrected chi connectivity index (χ1v) is 7.45. The van der Waals surface area contributed by atoms with Crippen LogP contribution in [0, 0.1) is 0 Å². The van der Waals surface area contributed by atoms with Crippen molar-refractivity contribution in [2.45, 2.75) is 31.2 Å². The van der Waals surface area contributed by atoms with Gasteiger partial charge in [-0.1, -0.05) is 0 Å². The maximum atomic E-state index is 12.2. The van der Waals surface area contributed by atoms with E-state index in [2.05, 4.69) is 4.74 Å². The zero-order valence-corrected chi connectivity index (χ0v) is 11.9. The van der Waals surface area contributed by atoms with E-state index < -0.39 is 44.0 Å². The van der Waals surface area contributed by atoms with E-state index in [1.54, 1.807) is 0 Å². The van der Waals surface area contributed by atoms with Crippen LogP contribution in [0.5, 0.6) is 5.75 Å². The van der Waals surface area contributed by atoms with Crippen LogP contribution in [0.15, 0.2) is 10.3 Å². The van der Waals surface area contributed by atoms with Crippen LogP contribution < -0.4 is 9.88 Å². The van der Waals surface area contributed by atoms with Gasteiger partial charge >= 0.3 is 12.3 Å². The maximum Gasteiger partial charge on any atom is 0.573 e. The van der Waals surface area contributed by atoms with Crippen LogP contribution in [0.2, 0.25) is 0 Å². The van der Waals surface area contributed by atoms with Crippen molar-refractivity contribution < 1.29 is 35.9 Å². The number of alkyl halides is 3. The number of sulfonamides is 1. The predicted molar refractivity (Wildman–Crippen MR) is 62.9 cm³/mol. The minimum absolute atomic E-state index is 0.435. The van der Waals surface area contributed by atoms with E-state index in [9.17, 15) is 26.4 Å². The fourth-order valence-corrected chi connectivity index (χ4v) is 3.24. The van der Waals surface area contributed by atoms with Gasteiger partial charge in [0.2, 0.25) is 10.0 Å². The Morgan fingerprint density at radius 3 is 2.35 bits per heavy atom. The average Bonchev–Trinajstić information content (AvgIpc) is 2.56. The van der Waals surface area contributed by atoms with Crippen molar-refractivity contribution in [3.63, 3.8) is 0 Å². The Labute approximate surface area is 116 Å². The molecule has 0 saturated heterocycles. The number of esters is 1. The second-order valence-electron chi connectivity index (χ2n) is 3.81. The number of halogens is 3. The van der Waals surface area contributed by atoms with Gasteiger partial charge in [0.25, 0.3) is 0 Å². The molecule has 0 fully saturated rings. The van der Waals surface area contributed by atoms with Crippen LogP contribution in [0.4, 0.5) is 13.2 Å². The molecule has 11 heteroatoms. The average molecular weight is 333 g/mol. The normalized spacial score (nSPS) is 12.6. The number of hydrogen-bond acceptors (Lipinski definition) is 6. The van der Waals surface area contributed by atoms with E-state index >= 15 is 0 Å². The Bertz CT molecular complexity index is 606. The van der Waals surface area contributed by atoms with Crippen LogP contribution in [0.25, 0.3) is 0 Å². The van der Waals surface area contributed by atoms with Gasteiger partial charge < -0.3 is 9.47 Å². The molecule has 0 aromatic carbocycles. The Balaban J connectivity index is 3.31. The molecule has 0 amide bonds. The Morgan fingerprint density at radius 2 is 1.95 bits per heavy atom. The number of thiophene rings is 1. The summed E-state index contributed by atoms with van der Waals surface area (Å²) in [5, 5.41) is 5.54. The number of carbonyl (C=O) groups excluding carboxylic acids is 1. The van der Waals surface area contributed by atoms with E-state index in [1.165, 1.54) is 13.8 Å². The van der Waals surface area contributed by atoms with E-state index in [4.69, 9.17) is 9.88 Å². The third kappa shape index (κ3) is 4.35. The second kappa shape index (κ2) is 5.58. The largest absolute Gasteiger partial charge is 0.573 e. The van der Waals surface area contributed by atoms with Crippen molar-refractivity contribution in [2.24, 2.45) is 5.14 Å². The summed E-state index contributed by atoms with van der Waals surface area (Å²) >= 11 is 0.435. The van der Waals surface area contributed by atoms with Crippen molar-refractivity contribution in [2.75, 3.05) is 0 Å². The first-order valence-electron chi connectivity index (χ1n) is 5.03. The van der Waals surface area contributed by atoms with E-state index in [0.29, 0.717) is 11.3 Å². The highest BCUT2D eigenvalue weighted by atomic mass is 32.2. The minimum Gasteiger partial charge on any atom is -0.459 e. The van der Waals surface area contributed by atoms with Gasteiger partial charge in [0, 0.05) is 5.38 Å². The van der Waals surface area contributed by atoms with Gasteiger partial charge in [-0.3, -0.25) is 0 Å². The van der Waals surface area contributed by atoms with Crippen molar-refractivity contribution in [1.82, 2.24) is 0 Å². The van der Waals surface area contributed by atoms with Gasteiger partial charge in [-0.25, -0.2) is 18.4 Å². The molecule has 114 valence electrons. The van der Waals surface area contributed by atoms with Gasteiger partial charge in [-0.05, 0) is 13.8 Å². The highest BCUT2D eigenvalue weighted by Crippen LogP contribution is 2.36. The Morgan fingerprint density at radius 1 is 1.40 bits per heavy atom. The SMILES string of the molecule is CC(C)OC(=O)c1scc(OC(F)(F)F)c1S(N)(=O)=O. The third-order valence-electron chi connectivity index (χ3n) is 1.75. The molecule has 1 heterocycles. The third-order valence-corrected chi connectivity index (χ3v) is 3.79. The molecule has 0 atom stereocenters. The Kier molecular flexibility index (Phi) is 4.66. The molecular formula is C9H10F3NO5S2. The first kappa shape index (κ1) is 16.7. The van der Waals surface area contributed by atoms with E-state index in [1.807, 2.05) is 0 Å². The smallest absolute Gasteiger partial charge is 0.459 e. The zero-order valence-electron chi connectivity index (χ0n) is 10.2. The lowest BCUT2D eigenvalue weighted by molar-refractivity contribution is -0.275. The summed E-state index contributed by atoms with van der Waals surface area (Å²) in [7, 11) is -4.59. The van der Waals surface area contributed by atoms with E-state index in [0.717, 1.165) is 5.38 Å². The summed E-state index contributed by atoms with van der Waals surface area (Å²) in [6.45, 7) is 2.99. The van der Waals surface area contributed by atoms with E-state index in [-0.39, 0.29) is 0 Å². The van der Waals surface area contributed by atoms with Gasteiger partial charge in [-0.15, -0.1) is 24.5 Å². The lowest BCUT2D eigenvalue weighted by atomic mass is 10.4. The number of nitrogens with two attached hydrogens (primary N) is 1. The lowest BCUT2D eigenvalue weighted by Crippen LogP contribution is -2.22. The summed E-state index contributed by atoms with van der Waals surface area (Å²) in [5.74, 6) is -2.15. The van der Waals surface area contributed by atoms with Crippen molar-refractivity contribution >= 4 is 27.3 Å². The summed E-state index contributed by atoms with van der Waals surface area (Å²) in [6, 6.07) is 0. The highest BCUT2D eigenvalue weighted by molar-refractivity contribution is 7.89. The molecule has 6 nitrogen and oxygen atoms in total. The van der Waals surface area contributed by atoms with Crippen LogP contribution in [-0.2, 0) is 14.8 Å². The molecular weight excluding hydrogens is 323 g/mol. The molecule has 0 aliphatic rings. The molecule has 1 rings (SSSR count). The molecule has 20 heavy (non-hydrogen) atoms. The molecule has 0 bridgehead atoms. The summed E-state index contributed by atoms with van der Waals surface area (Å²) < 4.78 is 67.4. The Hall–Kier alpha value is -1.33. The summed E-state index contributed by atoms with van der Waals surface area (Å²) in [5.41, 5.74) is 0. The van der Waals surface area contributed by atoms with Crippen LogP contribution in [0.1, 0.15) is 23.5 Å². The number of carbonyl (C=O) groups is 1. The zero-order chi connectivity index (χ0) is 15.7. The molecule has 0 aliphatic carbocycles. The standard InChI is InChI=1S/C9H10F3NO5S2/c1-4(2)17-8(14)6-7(20(13,15)16)5(3-19-6)18-9(10,11)12/h3-4H,1-2H3,(H2,13,15,16). The molecule has 2 N–H and O–H groups in total. The number of rotatable bonds is 4. The molecule has 0 radical (unpaired) electrons. The van der Waals surface area contributed by atoms with Gasteiger partial charge in [0.15, 0.2) is 5.75 Å². The lowest BCUT2D eigenvalue weighted by Gasteiger charge is -2.10. The van der Waals surface area contributed by atoms with Crippen molar-refractivity contribution in [3.05, 3.63) is 10.3 Å². The molecule has 1 aromatic heterocycles. The van der Waals surface area contributed by atoms with Gasteiger partial charge in [-0.2, -0.15) is 0 Å². The molecule has 1 aromatic rings. The monoisotopic (exact) mass is 333 g/mol. The van der Waals surface area contributed by atoms with Crippen LogP contribution in [0.3, 0.4) is 0 Å². The first-order chi connectivity index (χ1) is 8.92. The van der Waals surface area contributed by atoms with Gasteiger partial charge in [0.1, 0.15) is 9.77 Å². The maximum absolute atomic E-state index is 12.2. The minimum atomic E-state index is -5.11.